The summed E-state index contributed by atoms with van der Waals surface area (Å²) in [4.78, 5) is 11.9. The van der Waals surface area contributed by atoms with E-state index < -0.39 is 0 Å². The van der Waals surface area contributed by atoms with Crippen LogP contribution in [0.4, 0.5) is 0 Å². The van der Waals surface area contributed by atoms with Gasteiger partial charge in [0.2, 0.25) is 0 Å². The molecule has 1 rings (SSSR count). The van der Waals surface area contributed by atoms with Gasteiger partial charge in [-0.3, -0.25) is 4.79 Å². The van der Waals surface area contributed by atoms with Crippen LogP contribution in [0.15, 0.2) is 18.2 Å². The van der Waals surface area contributed by atoms with Gasteiger partial charge in [0, 0.05) is 18.0 Å². The lowest BCUT2D eigenvalue weighted by Crippen LogP contribution is -2.28. The summed E-state index contributed by atoms with van der Waals surface area (Å²) < 4.78 is 5.18. The van der Waals surface area contributed by atoms with E-state index in [1.165, 1.54) is 0 Å². The zero-order valence-electron chi connectivity index (χ0n) is 10.3. The summed E-state index contributed by atoms with van der Waals surface area (Å²) in [5.74, 6) is 0.431. The highest BCUT2D eigenvalue weighted by Crippen LogP contribution is 2.12. The summed E-state index contributed by atoms with van der Waals surface area (Å²) >= 11 is 5.47. The molecule has 0 unspecified atom stereocenters. The maximum Gasteiger partial charge on any atom is 0.251 e. The first-order chi connectivity index (χ1) is 8.16. The molecule has 0 atom stereocenters. The molecule has 1 amide bonds. The number of ether oxygens (including phenoxy) is 1. The summed E-state index contributed by atoms with van der Waals surface area (Å²) in [6.07, 6.45) is 0. The number of halogens is 1. The molecule has 0 bridgehead atoms. The second kappa shape index (κ2) is 7.30. The molecule has 94 valence electrons. The number of carbonyl (C=O) groups excluding carboxylic acids is 1. The van der Waals surface area contributed by atoms with Gasteiger partial charge in [-0.05, 0) is 25.0 Å². The lowest BCUT2D eigenvalue weighted by Gasteiger charge is -2.10. The maximum absolute atomic E-state index is 11.9. The van der Waals surface area contributed by atoms with Crippen molar-refractivity contribution in [2.24, 2.45) is 0 Å². The third-order valence-corrected chi connectivity index (χ3v) is 2.62. The average Bonchev–Trinajstić information content (AvgIpc) is 2.28. The normalized spacial score (nSPS) is 10.3. The zero-order valence-corrected chi connectivity index (χ0v) is 11.0. The molecule has 3 nitrogen and oxygen atoms in total. The van der Waals surface area contributed by atoms with Crippen molar-refractivity contribution in [3.63, 3.8) is 0 Å². The highest BCUT2D eigenvalue weighted by atomic mass is 35.5. The maximum atomic E-state index is 11.9. The average molecular weight is 256 g/mol. The Morgan fingerprint density at radius 2 is 1.94 bits per heavy atom. The molecule has 0 aliphatic carbocycles. The Hall–Kier alpha value is -1.06. The van der Waals surface area contributed by atoms with Crippen molar-refractivity contribution < 1.29 is 9.53 Å². The van der Waals surface area contributed by atoms with Crippen LogP contribution in [0.2, 0.25) is 0 Å². The standard InChI is InChI=1S/C13H18ClNO2/c1-10-4-3-5-11(2)12(10)13(16)15-7-9-17-8-6-14/h3-5H,6-9H2,1-2H3,(H,15,16). The number of hydrogen-bond donors (Lipinski definition) is 1. The van der Waals surface area contributed by atoms with Crippen LogP contribution in [0.3, 0.4) is 0 Å². The Morgan fingerprint density at radius 3 is 2.53 bits per heavy atom. The van der Waals surface area contributed by atoms with Gasteiger partial charge in [-0.25, -0.2) is 0 Å². The van der Waals surface area contributed by atoms with Gasteiger partial charge in [-0.1, -0.05) is 18.2 Å². The quantitative estimate of drug-likeness (QED) is 0.626. The molecule has 0 spiro atoms. The third kappa shape index (κ3) is 4.36. The van der Waals surface area contributed by atoms with Gasteiger partial charge in [-0.15, -0.1) is 11.6 Å². The number of alkyl halides is 1. The van der Waals surface area contributed by atoms with Gasteiger partial charge in [-0.2, -0.15) is 0 Å². The van der Waals surface area contributed by atoms with Gasteiger partial charge in [0.25, 0.3) is 5.91 Å². The largest absolute Gasteiger partial charge is 0.378 e. The second-order valence-corrected chi connectivity index (χ2v) is 4.20. The SMILES string of the molecule is Cc1cccc(C)c1C(=O)NCCOCCCl. The molecular formula is C13H18ClNO2. The third-order valence-electron chi connectivity index (χ3n) is 2.46. The minimum atomic E-state index is -0.0462. The molecule has 0 aromatic heterocycles. The van der Waals surface area contributed by atoms with Gasteiger partial charge < -0.3 is 10.1 Å². The second-order valence-electron chi connectivity index (χ2n) is 3.82. The molecule has 1 aromatic rings. The minimum Gasteiger partial charge on any atom is -0.378 e. The fourth-order valence-corrected chi connectivity index (χ4v) is 1.76. The fourth-order valence-electron chi connectivity index (χ4n) is 1.65. The van der Waals surface area contributed by atoms with E-state index in [-0.39, 0.29) is 5.91 Å². The van der Waals surface area contributed by atoms with E-state index in [1.807, 2.05) is 32.0 Å². The monoisotopic (exact) mass is 255 g/mol. The number of rotatable bonds is 6. The van der Waals surface area contributed by atoms with Crippen molar-refractivity contribution in [1.29, 1.82) is 0 Å². The first-order valence-electron chi connectivity index (χ1n) is 5.65. The number of amides is 1. The Bertz CT molecular complexity index is 359. The molecular weight excluding hydrogens is 238 g/mol. The smallest absolute Gasteiger partial charge is 0.251 e. The Morgan fingerprint density at radius 1 is 1.29 bits per heavy atom. The lowest BCUT2D eigenvalue weighted by molar-refractivity contribution is 0.0922. The number of nitrogens with one attached hydrogen (secondary N) is 1. The van der Waals surface area contributed by atoms with E-state index in [1.54, 1.807) is 0 Å². The molecule has 0 aliphatic rings. The Kier molecular flexibility index (Phi) is 6.01. The Balaban J connectivity index is 2.47. The molecule has 1 aromatic carbocycles. The predicted octanol–water partition coefficient (Wildman–Crippen LogP) is 2.29. The van der Waals surface area contributed by atoms with Crippen molar-refractivity contribution >= 4 is 17.5 Å². The lowest BCUT2D eigenvalue weighted by atomic mass is 10.0. The van der Waals surface area contributed by atoms with Crippen LogP contribution in [0.25, 0.3) is 0 Å². The van der Waals surface area contributed by atoms with Crippen LogP contribution in [-0.4, -0.2) is 31.5 Å². The van der Waals surface area contributed by atoms with Crippen molar-refractivity contribution in [3.05, 3.63) is 34.9 Å². The molecule has 0 saturated heterocycles. The number of hydrogen-bond acceptors (Lipinski definition) is 2. The van der Waals surface area contributed by atoms with Gasteiger partial charge in [0.15, 0.2) is 0 Å². The molecule has 4 heteroatoms. The van der Waals surface area contributed by atoms with Crippen LogP contribution in [0, 0.1) is 13.8 Å². The summed E-state index contributed by atoms with van der Waals surface area (Å²) in [6.45, 7) is 5.38. The van der Waals surface area contributed by atoms with E-state index >= 15 is 0 Å². The van der Waals surface area contributed by atoms with E-state index in [0.29, 0.717) is 25.6 Å². The van der Waals surface area contributed by atoms with Gasteiger partial charge >= 0.3 is 0 Å². The topological polar surface area (TPSA) is 38.3 Å². The summed E-state index contributed by atoms with van der Waals surface area (Å²) in [7, 11) is 0. The van der Waals surface area contributed by atoms with E-state index in [4.69, 9.17) is 16.3 Å². The first kappa shape index (κ1) is 14.0. The molecule has 17 heavy (non-hydrogen) atoms. The predicted molar refractivity (Wildman–Crippen MR) is 69.8 cm³/mol. The van der Waals surface area contributed by atoms with E-state index in [9.17, 15) is 4.79 Å². The molecule has 1 N–H and O–H groups in total. The summed E-state index contributed by atoms with van der Waals surface area (Å²) in [6, 6.07) is 5.82. The van der Waals surface area contributed by atoms with Crippen molar-refractivity contribution in [3.8, 4) is 0 Å². The van der Waals surface area contributed by atoms with Crippen molar-refractivity contribution in [2.75, 3.05) is 25.6 Å². The number of aryl methyl sites for hydroxylation is 2. The van der Waals surface area contributed by atoms with E-state index in [2.05, 4.69) is 5.32 Å². The van der Waals surface area contributed by atoms with Crippen LogP contribution >= 0.6 is 11.6 Å². The van der Waals surface area contributed by atoms with Gasteiger partial charge in [0.05, 0.1) is 13.2 Å². The minimum absolute atomic E-state index is 0.0462. The Labute approximate surface area is 107 Å². The number of carbonyl (C=O) groups is 1. The highest BCUT2D eigenvalue weighted by molar-refractivity contribution is 6.17. The number of benzene rings is 1. The molecule has 0 fully saturated rings. The van der Waals surface area contributed by atoms with Crippen LogP contribution in [-0.2, 0) is 4.74 Å². The zero-order chi connectivity index (χ0) is 12.7. The molecule has 0 radical (unpaired) electrons. The van der Waals surface area contributed by atoms with Crippen LogP contribution < -0.4 is 5.32 Å². The van der Waals surface area contributed by atoms with Crippen LogP contribution in [0.5, 0.6) is 0 Å². The van der Waals surface area contributed by atoms with E-state index in [0.717, 1.165) is 16.7 Å². The van der Waals surface area contributed by atoms with Crippen LogP contribution in [0.1, 0.15) is 21.5 Å². The van der Waals surface area contributed by atoms with Gasteiger partial charge in [0.1, 0.15) is 0 Å². The summed E-state index contributed by atoms with van der Waals surface area (Å²) in [5, 5.41) is 2.83. The van der Waals surface area contributed by atoms with Crippen molar-refractivity contribution in [1.82, 2.24) is 5.32 Å². The molecule has 0 saturated carbocycles. The molecule has 0 aliphatic heterocycles. The summed E-state index contributed by atoms with van der Waals surface area (Å²) in [5.41, 5.74) is 2.73. The first-order valence-corrected chi connectivity index (χ1v) is 6.18. The molecule has 0 heterocycles. The highest BCUT2D eigenvalue weighted by Gasteiger charge is 2.10. The fraction of sp³-hybridized carbons (Fsp3) is 0.462. The van der Waals surface area contributed by atoms with Crippen molar-refractivity contribution in [2.45, 2.75) is 13.8 Å².